The summed E-state index contributed by atoms with van der Waals surface area (Å²) in [4.78, 5) is 4.69. The lowest BCUT2D eigenvalue weighted by molar-refractivity contribution is 0.590. The number of hydrogen-bond donors (Lipinski definition) is 0. The van der Waals surface area contributed by atoms with Crippen LogP contribution < -0.4 is 0 Å². The van der Waals surface area contributed by atoms with Gasteiger partial charge >= 0.3 is 0 Å². The Morgan fingerprint density at radius 1 is 0.885 bits per heavy atom. The van der Waals surface area contributed by atoms with Crippen molar-refractivity contribution in [3.05, 3.63) is 65.4 Å². The topological polar surface area (TPSA) is 36.7 Å². The van der Waals surface area contributed by atoms with Gasteiger partial charge in [0, 0.05) is 17.1 Å². The quantitative estimate of drug-likeness (QED) is 0.547. The Bertz CT molecular complexity index is 1010. The van der Waals surface area contributed by atoms with Gasteiger partial charge in [0.2, 0.25) is 0 Å². The van der Waals surface area contributed by atoms with Crippen molar-refractivity contribution < 1.29 is 0 Å². The van der Waals surface area contributed by atoms with Crippen molar-refractivity contribution in [1.29, 1.82) is 5.26 Å². The van der Waals surface area contributed by atoms with E-state index in [1.54, 1.807) is 0 Å². The highest BCUT2D eigenvalue weighted by molar-refractivity contribution is 5.95. The standard InChI is InChI=1S/C24H26N2/c1-16-11-18(14-20(12-16)23(2,3)4)22-21-8-7-19(24(5,6)15-25)13-17(21)9-10-26-22/h7-14H,1-6H3. The summed E-state index contributed by atoms with van der Waals surface area (Å²) in [6.07, 6.45) is 1.86. The van der Waals surface area contributed by atoms with E-state index >= 15 is 0 Å². The smallest absolute Gasteiger partial charge is 0.0780 e. The molecule has 0 saturated carbocycles. The van der Waals surface area contributed by atoms with Crippen molar-refractivity contribution in [2.24, 2.45) is 0 Å². The maximum absolute atomic E-state index is 9.43. The van der Waals surface area contributed by atoms with Crippen LogP contribution in [0.25, 0.3) is 22.0 Å². The summed E-state index contributed by atoms with van der Waals surface area (Å²) in [6, 6.07) is 17.4. The van der Waals surface area contributed by atoms with Crippen molar-refractivity contribution in [3.63, 3.8) is 0 Å². The molecular formula is C24H26N2. The van der Waals surface area contributed by atoms with Crippen LogP contribution >= 0.6 is 0 Å². The molecule has 2 nitrogen and oxygen atoms in total. The third-order valence-corrected chi connectivity index (χ3v) is 4.98. The second kappa shape index (κ2) is 6.25. The largest absolute Gasteiger partial charge is 0.256 e. The molecule has 2 heteroatoms. The lowest BCUT2D eigenvalue weighted by atomic mass is 9.83. The third kappa shape index (κ3) is 3.35. The Morgan fingerprint density at radius 3 is 2.27 bits per heavy atom. The highest BCUT2D eigenvalue weighted by Gasteiger charge is 2.21. The molecule has 0 amide bonds. The molecule has 1 heterocycles. The number of fused-ring (bicyclic) bond motifs is 1. The van der Waals surface area contributed by atoms with Gasteiger partial charge in [-0.3, -0.25) is 4.98 Å². The summed E-state index contributed by atoms with van der Waals surface area (Å²) in [5, 5.41) is 11.7. The van der Waals surface area contributed by atoms with Gasteiger partial charge in [-0.15, -0.1) is 0 Å². The van der Waals surface area contributed by atoms with Gasteiger partial charge < -0.3 is 0 Å². The van der Waals surface area contributed by atoms with Crippen molar-refractivity contribution in [3.8, 4) is 17.3 Å². The van der Waals surface area contributed by atoms with Gasteiger partial charge in [0.05, 0.1) is 17.2 Å². The lowest BCUT2D eigenvalue weighted by Crippen LogP contribution is -2.13. The minimum Gasteiger partial charge on any atom is -0.256 e. The van der Waals surface area contributed by atoms with Gasteiger partial charge in [-0.25, -0.2) is 0 Å². The van der Waals surface area contributed by atoms with Crippen LogP contribution in [0.15, 0.2) is 48.7 Å². The van der Waals surface area contributed by atoms with Crippen LogP contribution in [0.4, 0.5) is 0 Å². The molecule has 1 aromatic heterocycles. The fourth-order valence-electron chi connectivity index (χ4n) is 3.21. The Balaban J connectivity index is 2.21. The molecule has 0 N–H and O–H groups in total. The molecule has 132 valence electrons. The highest BCUT2D eigenvalue weighted by Crippen LogP contribution is 2.33. The Kier molecular flexibility index (Phi) is 4.36. The summed E-state index contributed by atoms with van der Waals surface area (Å²) in [5.41, 5.74) is 5.33. The van der Waals surface area contributed by atoms with E-state index in [0.29, 0.717) is 0 Å². The van der Waals surface area contributed by atoms with Crippen LogP contribution in [0.3, 0.4) is 0 Å². The molecule has 0 aliphatic heterocycles. The molecule has 3 aromatic rings. The van der Waals surface area contributed by atoms with Crippen LogP contribution in [-0.4, -0.2) is 4.98 Å². The van der Waals surface area contributed by atoms with Gasteiger partial charge in [-0.2, -0.15) is 5.26 Å². The van der Waals surface area contributed by atoms with Crippen molar-refractivity contribution >= 4 is 10.8 Å². The molecule has 2 aromatic carbocycles. The molecule has 0 spiro atoms. The lowest BCUT2D eigenvalue weighted by Gasteiger charge is -2.21. The first-order chi connectivity index (χ1) is 12.1. The number of rotatable bonds is 2. The molecule has 0 saturated heterocycles. The van der Waals surface area contributed by atoms with E-state index in [9.17, 15) is 5.26 Å². The average molecular weight is 342 g/mol. The summed E-state index contributed by atoms with van der Waals surface area (Å²) in [6.45, 7) is 12.7. The van der Waals surface area contributed by atoms with Gasteiger partial charge in [0.15, 0.2) is 0 Å². The second-order valence-electron chi connectivity index (χ2n) is 8.67. The highest BCUT2D eigenvalue weighted by atomic mass is 14.7. The number of aromatic nitrogens is 1. The number of benzene rings is 2. The molecule has 0 fully saturated rings. The SMILES string of the molecule is Cc1cc(-c2nccc3cc(C(C)(C)C#N)ccc23)cc(C(C)(C)C)c1. The number of hydrogen-bond acceptors (Lipinski definition) is 2. The summed E-state index contributed by atoms with van der Waals surface area (Å²) < 4.78 is 0. The molecule has 26 heavy (non-hydrogen) atoms. The molecule has 0 atom stereocenters. The zero-order valence-corrected chi connectivity index (χ0v) is 16.5. The molecule has 0 radical (unpaired) electrons. The third-order valence-electron chi connectivity index (χ3n) is 4.98. The molecular weight excluding hydrogens is 316 g/mol. The zero-order chi connectivity index (χ0) is 19.1. The van der Waals surface area contributed by atoms with E-state index in [1.807, 2.05) is 26.1 Å². The van der Waals surface area contributed by atoms with Crippen LogP contribution in [0.5, 0.6) is 0 Å². The van der Waals surface area contributed by atoms with Gasteiger partial charge in [0.25, 0.3) is 0 Å². The zero-order valence-electron chi connectivity index (χ0n) is 16.5. The average Bonchev–Trinajstić information content (AvgIpc) is 2.59. The number of nitrogens with zero attached hydrogens (tertiary/aromatic N) is 2. The molecule has 0 aliphatic rings. The molecule has 3 rings (SSSR count). The van der Waals surface area contributed by atoms with Gasteiger partial charge in [0.1, 0.15) is 0 Å². The number of nitriles is 1. The van der Waals surface area contributed by atoms with Gasteiger partial charge in [-0.1, -0.05) is 44.5 Å². The minimum absolute atomic E-state index is 0.0926. The van der Waals surface area contributed by atoms with Crippen molar-refractivity contribution in [1.82, 2.24) is 4.98 Å². The molecule has 0 aliphatic carbocycles. The fraction of sp³-hybridized carbons (Fsp3) is 0.333. The first-order valence-electron chi connectivity index (χ1n) is 9.05. The van der Waals surface area contributed by atoms with E-state index < -0.39 is 5.41 Å². The maximum Gasteiger partial charge on any atom is 0.0780 e. The van der Waals surface area contributed by atoms with E-state index in [0.717, 1.165) is 27.6 Å². The first kappa shape index (κ1) is 18.1. The van der Waals surface area contributed by atoms with Gasteiger partial charge in [-0.05, 0) is 67.0 Å². The fourth-order valence-corrected chi connectivity index (χ4v) is 3.21. The monoisotopic (exact) mass is 342 g/mol. The Morgan fingerprint density at radius 2 is 1.62 bits per heavy atom. The van der Waals surface area contributed by atoms with Crippen LogP contribution in [0.2, 0.25) is 0 Å². The van der Waals surface area contributed by atoms with E-state index in [-0.39, 0.29) is 5.41 Å². The number of aryl methyl sites for hydroxylation is 1. The van der Waals surface area contributed by atoms with Crippen molar-refractivity contribution in [2.75, 3.05) is 0 Å². The normalized spacial score (nSPS) is 12.2. The maximum atomic E-state index is 9.43. The molecule has 0 unspecified atom stereocenters. The molecule has 0 bridgehead atoms. The van der Waals surface area contributed by atoms with Crippen molar-refractivity contribution in [2.45, 2.75) is 52.4 Å². The predicted molar refractivity (Wildman–Crippen MR) is 109 cm³/mol. The van der Waals surface area contributed by atoms with Crippen LogP contribution in [0, 0.1) is 18.3 Å². The number of pyridine rings is 1. The summed E-state index contributed by atoms with van der Waals surface area (Å²) in [7, 11) is 0. The second-order valence-corrected chi connectivity index (χ2v) is 8.67. The minimum atomic E-state index is -0.500. The Labute approximate surface area is 156 Å². The van der Waals surface area contributed by atoms with E-state index in [1.165, 1.54) is 11.1 Å². The predicted octanol–water partition coefficient (Wildman–Crippen LogP) is 6.31. The summed E-state index contributed by atoms with van der Waals surface area (Å²) >= 11 is 0. The first-order valence-corrected chi connectivity index (χ1v) is 9.05. The van der Waals surface area contributed by atoms with Crippen LogP contribution in [-0.2, 0) is 10.8 Å². The summed E-state index contributed by atoms with van der Waals surface area (Å²) in [5.74, 6) is 0. The van der Waals surface area contributed by atoms with E-state index in [4.69, 9.17) is 0 Å². The Hall–Kier alpha value is -2.66. The van der Waals surface area contributed by atoms with Crippen LogP contribution in [0.1, 0.15) is 51.3 Å². The van der Waals surface area contributed by atoms with E-state index in [2.05, 4.69) is 75.1 Å².